The normalized spacial score (nSPS) is 10.8. The summed E-state index contributed by atoms with van der Waals surface area (Å²) in [5, 5.41) is 16.2. The highest BCUT2D eigenvalue weighted by atomic mass is 19.2. The summed E-state index contributed by atoms with van der Waals surface area (Å²) in [4.78, 5) is 24.9. The van der Waals surface area contributed by atoms with Crippen molar-refractivity contribution in [3.05, 3.63) is 65.4 Å². The zero-order valence-electron chi connectivity index (χ0n) is 13.6. The molecule has 0 saturated heterocycles. The van der Waals surface area contributed by atoms with Crippen LogP contribution in [-0.2, 0) is 11.3 Å². The first kappa shape index (κ1) is 17.5. The fourth-order valence-electron chi connectivity index (χ4n) is 2.64. The predicted molar refractivity (Wildman–Crippen MR) is 89.4 cm³/mol. The van der Waals surface area contributed by atoms with Crippen LogP contribution in [0.1, 0.15) is 22.5 Å². The lowest BCUT2D eigenvalue weighted by atomic mass is 10.1. The van der Waals surface area contributed by atoms with Crippen LogP contribution in [0.5, 0.6) is 0 Å². The van der Waals surface area contributed by atoms with Crippen LogP contribution in [0, 0.1) is 11.6 Å². The number of carboxylic acids is 1. The number of rotatable bonds is 6. The van der Waals surface area contributed by atoms with E-state index in [0.717, 1.165) is 11.0 Å². The van der Waals surface area contributed by atoms with Gasteiger partial charge in [-0.3, -0.25) is 14.7 Å². The molecule has 0 aliphatic carbocycles. The van der Waals surface area contributed by atoms with Crippen LogP contribution >= 0.6 is 0 Å². The van der Waals surface area contributed by atoms with E-state index in [1.54, 1.807) is 24.3 Å². The number of aliphatic carboxylic acids is 1. The van der Waals surface area contributed by atoms with Crippen molar-refractivity contribution in [1.82, 2.24) is 15.1 Å². The van der Waals surface area contributed by atoms with E-state index in [1.807, 2.05) is 0 Å². The summed E-state index contributed by atoms with van der Waals surface area (Å²) < 4.78 is 27.4. The van der Waals surface area contributed by atoms with Gasteiger partial charge in [0.25, 0.3) is 5.91 Å². The first-order chi connectivity index (χ1) is 12.5. The Morgan fingerprint density at radius 2 is 1.88 bits per heavy atom. The van der Waals surface area contributed by atoms with E-state index in [9.17, 15) is 18.4 Å². The van der Waals surface area contributed by atoms with Gasteiger partial charge < -0.3 is 10.0 Å². The number of para-hydroxylation sites is 1. The van der Waals surface area contributed by atoms with E-state index >= 15 is 0 Å². The zero-order chi connectivity index (χ0) is 18.7. The maximum atomic E-state index is 14.0. The molecule has 0 spiro atoms. The number of amides is 1. The van der Waals surface area contributed by atoms with Gasteiger partial charge in [-0.25, -0.2) is 8.78 Å². The van der Waals surface area contributed by atoms with Gasteiger partial charge in [-0.1, -0.05) is 30.3 Å². The van der Waals surface area contributed by atoms with Crippen LogP contribution in [-0.4, -0.2) is 38.6 Å². The molecule has 0 unspecified atom stereocenters. The molecule has 3 rings (SSSR count). The Balaban J connectivity index is 1.93. The average Bonchev–Trinajstić information content (AvgIpc) is 3.05. The highest BCUT2D eigenvalue weighted by molar-refractivity contribution is 6.04. The second kappa shape index (κ2) is 7.30. The summed E-state index contributed by atoms with van der Waals surface area (Å²) in [5.41, 5.74) is 0.706. The molecule has 3 aromatic rings. The molecule has 0 aliphatic rings. The van der Waals surface area contributed by atoms with Gasteiger partial charge in [-0.05, 0) is 12.1 Å². The third-order valence-corrected chi connectivity index (χ3v) is 3.95. The molecule has 0 saturated carbocycles. The zero-order valence-corrected chi connectivity index (χ0v) is 13.6. The highest BCUT2D eigenvalue weighted by Gasteiger charge is 2.23. The van der Waals surface area contributed by atoms with Crippen LogP contribution in [0.4, 0.5) is 8.78 Å². The molecule has 0 fully saturated rings. The number of halogens is 2. The standard InChI is InChI=1S/C18H15F2N3O3/c19-13-6-3-4-11(16(13)20)10-23(9-8-15(24)25)18(26)17-12-5-1-2-7-14(12)21-22-17/h1-7H,8-10H2,(H,21,22)(H,24,25). The molecule has 1 aromatic heterocycles. The monoisotopic (exact) mass is 359 g/mol. The molecule has 134 valence electrons. The molecule has 6 nitrogen and oxygen atoms in total. The van der Waals surface area contributed by atoms with Gasteiger partial charge in [-0.15, -0.1) is 0 Å². The Kier molecular flexibility index (Phi) is 4.92. The van der Waals surface area contributed by atoms with Crippen molar-refractivity contribution in [3.8, 4) is 0 Å². The lowest BCUT2D eigenvalue weighted by Crippen LogP contribution is -2.33. The van der Waals surface area contributed by atoms with Crippen molar-refractivity contribution in [1.29, 1.82) is 0 Å². The molecule has 0 atom stereocenters. The molecule has 1 amide bonds. The fraction of sp³-hybridized carbons (Fsp3) is 0.167. The van der Waals surface area contributed by atoms with E-state index in [-0.39, 0.29) is 30.8 Å². The number of aromatic amines is 1. The molecule has 2 aromatic carbocycles. The van der Waals surface area contributed by atoms with Crippen molar-refractivity contribution in [2.24, 2.45) is 0 Å². The van der Waals surface area contributed by atoms with Crippen molar-refractivity contribution in [2.75, 3.05) is 6.54 Å². The third kappa shape index (κ3) is 3.53. The Hall–Kier alpha value is -3.29. The summed E-state index contributed by atoms with van der Waals surface area (Å²) in [6.45, 7) is -0.428. The minimum Gasteiger partial charge on any atom is -0.481 e. The van der Waals surface area contributed by atoms with Gasteiger partial charge in [0.2, 0.25) is 0 Å². The molecule has 0 bridgehead atoms. The van der Waals surface area contributed by atoms with E-state index in [1.165, 1.54) is 12.1 Å². The number of nitrogens with zero attached hydrogens (tertiary/aromatic N) is 2. The van der Waals surface area contributed by atoms with Crippen molar-refractivity contribution in [3.63, 3.8) is 0 Å². The second-order valence-electron chi connectivity index (χ2n) is 5.70. The van der Waals surface area contributed by atoms with E-state index in [4.69, 9.17) is 5.11 Å². The van der Waals surface area contributed by atoms with Gasteiger partial charge in [0.05, 0.1) is 11.9 Å². The maximum Gasteiger partial charge on any atom is 0.305 e. The number of carbonyl (C=O) groups excluding carboxylic acids is 1. The summed E-state index contributed by atoms with van der Waals surface area (Å²) in [7, 11) is 0. The molecular formula is C18H15F2N3O3. The lowest BCUT2D eigenvalue weighted by Gasteiger charge is -2.21. The average molecular weight is 359 g/mol. The van der Waals surface area contributed by atoms with Gasteiger partial charge >= 0.3 is 5.97 Å². The second-order valence-corrected chi connectivity index (χ2v) is 5.70. The predicted octanol–water partition coefficient (Wildman–Crippen LogP) is 2.96. The number of fused-ring (bicyclic) bond motifs is 1. The number of nitrogens with one attached hydrogen (secondary N) is 1. The minimum absolute atomic E-state index is 0.0384. The Labute approximate surface area is 147 Å². The quantitative estimate of drug-likeness (QED) is 0.708. The number of H-pyrrole nitrogens is 1. The van der Waals surface area contributed by atoms with Gasteiger partial charge in [0, 0.05) is 24.0 Å². The number of carboxylic acid groups (broad SMARTS) is 1. The van der Waals surface area contributed by atoms with Crippen LogP contribution in [0.2, 0.25) is 0 Å². The highest BCUT2D eigenvalue weighted by Crippen LogP contribution is 2.20. The van der Waals surface area contributed by atoms with Crippen LogP contribution in [0.3, 0.4) is 0 Å². The Bertz CT molecular complexity index is 971. The molecule has 0 aliphatic heterocycles. The smallest absolute Gasteiger partial charge is 0.305 e. The first-order valence-electron chi connectivity index (χ1n) is 7.84. The maximum absolute atomic E-state index is 14.0. The van der Waals surface area contributed by atoms with Crippen LogP contribution < -0.4 is 0 Å². The minimum atomic E-state index is -1.10. The van der Waals surface area contributed by atoms with E-state index < -0.39 is 23.5 Å². The fourth-order valence-corrected chi connectivity index (χ4v) is 2.64. The van der Waals surface area contributed by atoms with Crippen LogP contribution in [0.25, 0.3) is 10.9 Å². The SMILES string of the molecule is O=C(O)CCN(Cc1cccc(F)c1F)C(=O)c1n[nH]c2ccccc12. The Morgan fingerprint density at radius 3 is 2.65 bits per heavy atom. The molecule has 0 radical (unpaired) electrons. The molecule has 26 heavy (non-hydrogen) atoms. The van der Waals surface area contributed by atoms with Gasteiger partial charge in [0.15, 0.2) is 17.3 Å². The number of hydrogen-bond donors (Lipinski definition) is 2. The summed E-state index contributed by atoms with van der Waals surface area (Å²) in [6, 6.07) is 10.6. The molecule has 8 heteroatoms. The molecule has 2 N–H and O–H groups in total. The van der Waals surface area contributed by atoms with Crippen molar-refractivity contribution >= 4 is 22.8 Å². The topological polar surface area (TPSA) is 86.3 Å². The number of benzene rings is 2. The van der Waals surface area contributed by atoms with Gasteiger partial charge in [-0.2, -0.15) is 5.10 Å². The van der Waals surface area contributed by atoms with E-state index in [2.05, 4.69) is 10.2 Å². The molecule has 1 heterocycles. The number of carbonyl (C=O) groups is 2. The largest absolute Gasteiger partial charge is 0.481 e. The number of aromatic nitrogens is 2. The van der Waals surface area contributed by atoms with Gasteiger partial charge in [0.1, 0.15) is 0 Å². The summed E-state index contributed by atoms with van der Waals surface area (Å²) in [5.74, 6) is -3.76. The lowest BCUT2D eigenvalue weighted by molar-refractivity contribution is -0.137. The van der Waals surface area contributed by atoms with E-state index in [0.29, 0.717) is 10.9 Å². The summed E-state index contributed by atoms with van der Waals surface area (Å²) in [6.07, 6.45) is -0.328. The first-order valence-corrected chi connectivity index (χ1v) is 7.84. The molecular weight excluding hydrogens is 344 g/mol. The third-order valence-electron chi connectivity index (χ3n) is 3.95. The summed E-state index contributed by atoms with van der Waals surface area (Å²) >= 11 is 0. The van der Waals surface area contributed by atoms with Crippen molar-refractivity contribution < 1.29 is 23.5 Å². The Morgan fingerprint density at radius 1 is 1.12 bits per heavy atom. The van der Waals surface area contributed by atoms with Crippen molar-refractivity contribution in [2.45, 2.75) is 13.0 Å². The number of hydrogen-bond acceptors (Lipinski definition) is 3. The van der Waals surface area contributed by atoms with Crippen LogP contribution in [0.15, 0.2) is 42.5 Å².